The molecule has 1 aliphatic heterocycles. The summed E-state index contributed by atoms with van der Waals surface area (Å²) in [6.07, 6.45) is 63.2. The standard InChI is InChI=1S/C66H131NO8/c1-3-5-7-9-11-13-15-17-19-21-22-23-24-25-26-27-28-29-30-31-32-33-34-35-36-37-38-39-40-42-44-46-48-50-52-54-56-62(70)67-59(58-74-66-65(73)64(72)63(71)61(57-68)75-66)60(69)55-53-51-49-47-45-43-41-20-18-16-14-12-10-8-6-4-2/h59-61,63-66,68-69,71-73H,3-58H2,1-2H3,(H,67,70)/t59-,60+,61+,63+,64?,65?,66+/m0/s1. The van der Waals surface area contributed by atoms with Gasteiger partial charge in [-0.25, -0.2) is 0 Å². The van der Waals surface area contributed by atoms with Crippen LogP contribution >= 0.6 is 0 Å². The molecule has 75 heavy (non-hydrogen) atoms. The molecule has 6 N–H and O–H groups in total. The first-order valence-electron chi connectivity index (χ1n) is 33.7. The van der Waals surface area contributed by atoms with Crippen molar-refractivity contribution in [2.75, 3.05) is 13.2 Å². The van der Waals surface area contributed by atoms with Gasteiger partial charge in [-0.3, -0.25) is 4.79 Å². The molecule has 0 spiro atoms. The van der Waals surface area contributed by atoms with E-state index < -0.39 is 49.5 Å². The van der Waals surface area contributed by atoms with E-state index in [0.29, 0.717) is 12.8 Å². The summed E-state index contributed by atoms with van der Waals surface area (Å²) in [7, 11) is 0. The molecular weight excluding hydrogens is 935 g/mol. The van der Waals surface area contributed by atoms with Crippen LogP contribution in [0.5, 0.6) is 0 Å². The first-order valence-corrected chi connectivity index (χ1v) is 33.7. The van der Waals surface area contributed by atoms with Crippen molar-refractivity contribution in [3.63, 3.8) is 0 Å². The van der Waals surface area contributed by atoms with Gasteiger partial charge in [0.2, 0.25) is 5.91 Å². The molecule has 0 saturated carbocycles. The number of carbonyl (C=O) groups is 1. The highest BCUT2D eigenvalue weighted by Crippen LogP contribution is 2.24. The topological polar surface area (TPSA) is 149 Å². The quantitative estimate of drug-likeness (QED) is 0.0330. The van der Waals surface area contributed by atoms with Gasteiger partial charge in [-0.15, -0.1) is 0 Å². The minimum Gasteiger partial charge on any atom is -0.394 e. The van der Waals surface area contributed by atoms with Gasteiger partial charge in [0.25, 0.3) is 0 Å². The van der Waals surface area contributed by atoms with Crippen molar-refractivity contribution in [2.24, 2.45) is 0 Å². The average molecular weight is 1070 g/mol. The molecule has 1 heterocycles. The van der Waals surface area contributed by atoms with E-state index in [2.05, 4.69) is 19.2 Å². The van der Waals surface area contributed by atoms with Crippen LogP contribution in [0.1, 0.15) is 361 Å². The number of hydrogen-bond acceptors (Lipinski definition) is 8. The van der Waals surface area contributed by atoms with Crippen LogP contribution in [0.25, 0.3) is 0 Å². The highest BCUT2D eigenvalue weighted by atomic mass is 16.7. The molecule has 448 valence electrons. The number of amides is 1. The van der Waals surface area contributed by atoms with Crippen molar-refractivity contribution in [1.82, 2.24) is 5.32 Å². The van der Waals surface area contributed by atoms with Gasteiger partial charge >= 0.3 is 0 Å². The molecule has 0 aromatic heterocycles. The normalized spacial score (nSPS) is 18.7. The van der Waals surface area contributed by atoms with E-state index in [0.717, 1.165) is 38.5 Å². The monoisotopic (exact) mass is 1070 g/mol. The first-order chi connectivity index (χ1) is 36.8. The summed E-state index contributed by atoms with van der Waals surface area (Å²) >= 11 is 0. The summed E-state index contributed by atoms with van der Waals surface area (Å²) in [5.41, 5.74) is 0. The maximum atomic E-state index is 13.1. The third-order valence-corrected chi connectivity index (χ3v) is 16.7. The second-order valence-electron chi connectivity index (χ2n) is 24.0. The Hall–Kier alpha value is -0.810. The predicted octanol–water partition coefficient (Wildman–Crippen LogP) is 17.8. The number of aliphatic hydroxyl groups excluding tert-OH is 5. The fourth-order valence-corrected chi connectivity index (χ4v) is 11.4. The van der Waals surface area contributed by atoms with Crippen molar-refractivity contribution in [2.45, 2.75) is 403 Å². The Morgan fingerprint density at radius 3 is 0.947 bits per heavy atom. The van der Waals surface area contributed by atoms with Crippen LogP contribution in [0, 0.1) is 0 Å². The van der Waals surface area contributed by atoms with Gasteiger partial charge in [0.1, 0.15) is 24.4 Å². The number of rotatable bonds is 60. The summed E-state index contributed by atoms with van der Waals surface area (Å²) in [6, 6.07) is -0.714. The van der Waals surface area contributed by atoms with Gasteiger partial charge in [0.05, 0.1) is 25.4 Å². The molecular formula is C66H131NO8. The Bertz CT molecular complexity index is 1140. The second kappa shape index (κ2) is 56.5. The maximum Gasteiger partial charge on any atom is 0.220 e. The number of carbonyl (C=O) groups excluding carboxylic acids is 1. The van der Waals surface area contributed by atoms with Gasteiger partial charge in [-0.05, 0) is 12.8 Å². The predicted molar refractivity (Wildman–Crippen MR) is 318 cm³/mol. The van der Waals surface area contributed by atoms with Crippen LogP contribution in [0.3, 0.4) is 0 Å². The summed E-state index contributed by atoms with van der Waals surface area (Å²) in [5, 5.41) is 54.8. The molecule has 1 amide bonds. The van der Waals surface area contributed by atoms with Gasteiger partial charge in [-0.2, -0.15) is 0 Å². The van der Waals surface area contributed by atoms with Crippen molar-refractivity contribution in [1.29, 1.82) is 0 Å². The SMILES string of the molecule is CCCCCCCCCCCCCCCCCCCCCCCCCCCCCCCCCCCCCCC(=O)N[C@@H](CO[C@@H]1O[C@H](CO)[C@@H](O)C(O)C1O)[C@H](O)CCCCCCCCCCCCCCCCCC. The summed E-state index contributed by atoms with van der Waals surface area (Å²) < 4.78 is 11.3. The maximum absolute atomic E-state index is 13.1. The molecule has 1 aliphatic rings. The summed E-state index contributed by atoms with van der Waals surface area (Å²) in [6.45, 7) is 3.89. The zero-order chi connectivity index (χ0) is 54.3. The number of hydrogen-bond donors (Lipinski definition) is 6. The zero-order valence-electron chi connectivity index (χ0n) is 50.1. The molecule has 0 aromatic rings. The van der Waals surface area contributed by atoms with Crippen LogP contribution in [-0.4, -0.2) is 87.5 Å². The number of ether oxygens (including phenoxy) is 2. The molecule has 0 aromatic carbocycles. The number of nitrogens with one attached hydrogen (secondary N) is 1. The van der Waals surface area contributed by atoms with Crippen molar-refractivity contribution in [3.8, 4) is 0 Å². The number of aliphatic hydroxyl groups is 5. The fourth-order valence-electron chi connectivity index (χ4n) is 11.4. The van der Waals surface area contributed by atoms with Gasteiger partial charge in [-0.1, -0.05) is 341 Å². The number of unbranched alkanes of at least 4 members (excludes halogenated alkanes) is 50. The molecule has 7 atom stereocenters. The molecule has 9 nitrogen and oxygen atoms in total. The van der Waals surface area contributed by atoms with Crippen molar-refractivity contribution >= 4 is 5.91 Å². The Kier molecular flexibility index (Phi) is 54.4. The lowest BCUT2D eigenvalue weighted by atomic mass is 9.99. The zero-order valence-corrected chi connectivity index (χ0v) is 50.1. The van der Waals surface area contributed by atoms with Gasteiger partial charge < -0.3 is 40.3 Å². The Balaban J connectivity index is 2.03. The molecule has 1 fully saturated rings. The third-order valence-electron chi connectivity index (χ3n) is 16.7. The van der Waals surface area contributed by atoms with E-state index >= 15 is 0 Å². The van der Waals surface area contributed by atoms with Crippen LogP contribution in [-0.2, 0) is 14.3 Å². The molecule has 1 saturated heterocycles. The lowest BCUT2D eigenvalue weighted by Gasteiger charge is -2.40. The van der Waals surface area contributed by atoms with E-state index in [9.17, 15) is 30.3 Å². The summed E-state index contributed by atoms with van der Waals surface area (Å²) in [4.78, 5) is 13.1. The average Bonchev–Trinajstić information content (AvgIpc) is 3.41. The van der Waals surface area contributed by atoms with Gasteiger partial charge in [0.15, 0.2) is 6.29 Å². The van der Waals surface area contributed by atoms with Crippen LogP contribution in [0.4, 0.5) is 0 Å². The molecule has 0 radical (unpaired) electrons. The lowest BCUT2D eigenvalue weighted by Crippen LogP contribution is -2.60. The Morgan fingerprint density at radius 1 is 0.400 bits per heavy atom. The van der Waals surface area contributed by atoms with E-state index in [1.165, 1.54) is 295 Å². The minimum absolute atomic E-state index is 0.131. The Labute approximate surface area is 465 Å². The van der Waals surface area contributed by atoms with Crippen LogP contribution in [0.2, 0.25) is 0 Å². The van der Waals surface area contributed by atoms with Crippen molar-refractivity contribution < 1.29 is 39.8 Å². The Morgan fingerprint density at radius 2 is 0.667 bits per heavy atom. The third kappa shape index (κ3) is 45.6. The van der Waals surface area contributed by atoms with Crippen LogP contribution in [0.15, 0.2) is 0 Å². The molecule has 1 rings (SSSR count). The van der Waals surface area contributed by atoms with E-state index in [1.807, 2.05) is 0 Å². The minimum atomic E-state index is -1.55. The van der Waals surface area contributed by atoms with Crippen LogP contribution < -0.4 is 5.32 Å². The molecule has 2 unspecified atom stereocenters. The van der Waals surface area contributed by atoms with E-state index in [4.69, 9.17) is 9.47 Å². The van der Waals surface area contributed by atoms with Gasteiger partial charge in [0, 0.05) is 6.42 Å². The smallest absolute Gasteiger partial charge is 0.220 e. The fraction of sp³-hybridized carbons (Fsp3) is 0.985. The molecule has 9 heteroatoms. The summed E-state index contributed by atoms with van der Waals surface area (Å²) in [5.74, 6) is -0.135. The first kappa shape index (κ1) is 72.2. The van der Waals surface area contributed by atoms with E-state index in [1.54, 1.807) is 0 Å². The van der Waals surface area contributed by atoms with Crippen molar-refractivity contribution in [3.05, 3.63) is 0 Å². The second-order valence-corrected chi connectivity index (χ2v) is 24.0. The lowest BCUT2D eigenvalue weighted by molar-refractivity contribution is -0.302. The highest BCUT2D eigenvalue weighted by molar-refractivity contribution is 5.76. The van der Waals surface area contributed by atoms with E-state index in [-0.39, 0.29) is 12.5 Å². The highest BCUT2D eigenvalue weighted by Gasteiger charge is 2.44. The largest absolute Gasteiger partial charge is 0.394 e. The molecule has 0 bridgehead atoms. The molecule has 0 aliphatic carbocycles.